The molecule has 0 aromatic carbocycles. The Hall–Kier alpha value is 0.135. The van der Waals surface area contributed by atoms with E-state index in [0.717, 1.165) is 12.8 Å². The lowest BCUT2D eigenvalue weighted by Gasteiger charge is -2.39. The minimum Gasteiger partial charge on any atom is -0.403 e. The van der Waals surface area contributed by atoms with Crippen molar-refractivity contribution < 1.29 is 13.5 Å². The molecule has 2 fully saturated rings. The standard InChI is InChI=1S/C17H33BO3S/c1-14(2,3)22(19)13-17(11-9-8-10-12-17)18-20-15(4,5)16(6,7)21-18/h8-13H2,1-7H3. The minimum absolute atomic E-state index is 0.0958. The van der Waals surface area contributed by atoms with Crippen molar-refractivity contribution in [2.45, 2.75) is 102 Å². The van der Waals surface area contributed by atoms with E-state index in [2.05, 4.69) is 48.5 Å². The van der Waals surface area contributed by atoms with E-state index in [0.29, 0.717) is 5.75 Å². The van der Waals surface area contributed by atoms with Gasteiger partial charge in [0.15, 0.2) is 0 Å². The average molecular weight is 328 g/mol. The summed E-state index contributed by atoms with van der Waals surface area (Å²) >= 11 is 0. The van der Waals surface area contributed by atoms with Crippen LogP contribution >= 0.6 is 0 Å². The van der Waals surface area contributed by atoms with Crippen molar-refractivity contribution in [2.75, 3.05) is 5.75 Å². The van der Waals surface area contributed by atoms with E-state index < -0.39 is 10.8 Å². The summed E-state index contributed by atoms with van der Waals surface area (Å²) in [7, 11) is -1.11. The normalized spacial score (nSPS) is 28.6. The quantitative estimate of drug-likeness (QED) is 0.723. The van der Waals surface area contributed by atoms with Gasteiger partial charge >= 0.3 is 7.12 Å². The maximum atomic E-state index is 12.8. The summed E-state index contributed by atoms with van der Waals surface area (Å²) < 4.78 is 25.4. The molecule has 0 aromatic rings. The monoisotopic (exact) mass is 328 g/mol. The Morgan fingerprint density at radius 3 is 1.82 bits per heavy atom. The second-order valence-corrected chi connectivity index (χ2v) is 11.3. The van der Waals surface area contributed by atoms with Gasteiger partial charge < -0.3 is 9.31 Å². The van der Waals surface area contributed by atoms with Gasteiger partial charge in [0.1, 0.15) is 0 Å². The molecule has 0 amide bonds. The number of hydrogen-bond acceptors (Lipinski definition) is 3. The Morgan fingerprint density at radius 1 is 0.955 bits per heavy atom. The lowest BCUT2D eigenvalue weighted by Crippen LogP contribution is -2.43. The van der Waals surface area contributed by atoms with Gasteiger partial charge in [0.25, 0.3) is 0 Å². The molecule has 0 spiro atoms. The maximum absolute atomic E-state index is 12.8. The molecule has 5 heteroatoms. The van der Waals surface area contributed by atoms with Crippen LogP contribution in [0, 0.1) is 0 Å². The van der Waals surface area contributed by atoms with Gasteiger partial charge in [0.05, 0.1) is 11.2 Å². The summed E-state index contributed by atoms with van der Waals surface area (Å²) in [4.78, 5) is 0. The first kappa shape index (κ1) is 18.5. The Labute approximate surface area is 139 Å². The highest BCUT2D eigenvalue weighted by Gasteiger charge is 2.60. The summed E-state index contributed by atoms with van der Waals surface area (Å²) in [6.07, 6.45) is 5.76. The van der Waals surface area contributed by atoms with Crippen molar-refractivity contribution in [3.05, 3.63) is 0 Å². The first-order valence-electron chi connectivity index (χ1n) is 8.64. The first-order chi connectivity index (χ1) is 9.90. The molecule has 0 aromatic heterocycles. The van der Waals surface area contributed by atoms with Crippen LogP contribution in [0.5, 0.6) is 0 Å². The van der Waals surface area contributed by atoms with Crippen molar-refractivity contribution in [2.24, 2.45) is 0 Å². The molecule has 22 heavy (non-hydrogen) atoms. The molecule has 0 N–H and O–H groups in total. The van der Waals surface area contributed by atoms with Crippen LogP contribution in [0.25, 0.3) is 0 Å². The lowest BCUT2D eigenvalue weighted by atomic mass is 9.52. The molecule has 1 unspecified atom stereocenters. The summed E-state index contributed by atoms with van der Waals surface area (Å²) in [5, 5.41) is -0.0958. The van der Waals surface area contributed by atoms with Crippen molar-refractivity contribution >= 4 is 17.9 Å². The second kappa shape index (κ2) is 5.89. The SMILES string of the molecule is CC(C)(C)S(=O)CC1(B2OC(C)(C)C(C)(C)O2)CCCCC1. The van der Waals surface area contributed by atoms with Crippen molar-refractivity contribution in [3.8, 4) is 0 Å². The van der Waals surface area contributed by atoms with Gasteiger partial charge in [0.2, 0.25) is 0 Å². The van der Waals surface area contributed by atoms with Gasteiger partial charge in [-0.1, -0.05) is 19.3 Å². The van der Waals surface area contributed by atoms with E-state index in [1.807, 2.05) is 0 Å². The zero-order valence-corrected chi connectivity index (χ0v) is 16.3. The fourth-order valence-corrected chi connectivity index (χ4v) is 4.65. The van der Waals surface area contributed by atoms with E-state index in [-0.39, 0.29) is 28.4 Å². The van der Waals surface area contributed by atoms with Gasteiger partial charge in [-0.25, -0.2) is 0 Å². The lowest BCUT2D eigenvalue weighted by molar-refractivity contribution is 0.00578. The van der Waals surface area contributed by atoms with E-state index in [1.54, 1.807) is 0 Å². The van der Waals surface area contributed by atoms with Crippen LogP contribution in [-0.2, 0) is 20.1 Å². The van der Waals surface area contributed by atoms with Gasteiger partial charge in [-0.2, -0.15) is 0 Å². The molecule has 3 nitrogen and oxygen atoms in total. The van der Waals surface area contributed by atoms with Gasteiger partial charge in [-0.15, -0.1) is 0 Å². The number of rotatable bonds is 3. The molecule has 1 saturated carbocycles. The molecular weight excluding hydrogens is 295 g/mol. The smallest absolute Gasteiger partial charge is 0.403 e. The molecule has 0 bridgehead atoms. The summed E-state index contributed by atoms with van der Waals surface area (Å²) in [6, 6.07) is 0. The zero-order chi connectivity index (χ0) is 16.8. The number of hydrogen-bond donors (Lipinski definition) is 0. The minimum atomic E-state index is -0.880. The van der Waals surface area contributed by atoms with E-state index in [9.17, 15) is 4.21 Å². The van der Waals surface area contributed by atoms with Crippen LogP contribution in [0.1, 0.15) is 80.6 Å². The Morgan fingerprint density at radius 2 is 1.41 bits per heavy atom. The van der Waals surface area contributed by atoms with E-state index >= 15 is 0 Å². The molecule has 1 aliphatic carbocycles. The van der Waals surface area contributed by atoms with E-state index in [1.165, 1.54) is 19.3 Å². The Bertz CT molecular complexity index is 418. The van der Waals surface area contributed by atoms with Crippen LogP contribution in [0.15, 0.2) is 0 Å². The van der Waals surface area contributed by atoms with Crippen LogP contribution in [0.2, 0.25) is 5.31 Å². The molecule has 1 heterocycles. The predicted molar refractivity (Wildman–Crippen MR) is 94.6 cm³/mol. The van der Waals surface area contributed by atoms with Gasteiger partial charge in [0, 0.05) is 26.6 Å². The van der Waals surface area contributed by atoms with Crippen LogP contribution in [0.4, 0.5) is 0 Å². The third-order valence-corrected chi connectivity index (χ3v) is 7.91. The van der Waals surface area contributed by atoms with Crippen molar-refractivity contribution in [3.63, 3.8) is 0 Å². The highest BCUT2D eigenvalue weighted by molar-refractivity contribution is 7.86. The molecule has 1 saturated heterocycles. The molecular formula is C17H33BO3S. The molecule has 1 aliphatic heterocycles. The summed E-state index contributed by atoms with van der Waals surface area (Å²) in [5.41, 5.74) is -0.628. The molecule has 1 atom stereocenters. The van der Waals surface area contributed by atoms with Crippen LogP contribution < -0.4 is 0 Å². The van der Waals surface area contributed by atoms with Crippen molar-refractivity contribution in [1.82, 2.24) is 0 Å². The third-order valence-electron chi connectivity index (χ3n) is 5.70. The largest absolute Gasteiger partial charge is 0.465 e. The fourth-order valence-electron chi connectivity index (χ4n) is 3.27. The van der Waals surface area contributed by atoms with Crippen LogP contribution in [-0.4, -0.2) is 33.0 Å². The summed E-state index contributed by atoms with van der Waals surface area (Å²) in [6.45, 7) is 14.6. The molecule has 2 aliphatic rings. The second-order valence-electron chi connectivity index (χ2n) is 9.11. The van der Waals surface area contributed by atoms with E-state index in [4.69, 9.17) is 9.31 Å². The Balaban J connectivity index is 2.26. The fraction of sp³-hybridized carbons (Fsp3) is 1.00. The average Bonchev–Trinajstić information content (AvgIpc) is 2.59. The molecule has 2 rings (SSSR count). The highest BCUT2D eigenvalue weighted by Crippen LogP contribution is 2.53. The van der Waals surface area contributed by atoms with Gasteiger partial charge in [-0.3, -0.25) is 4.21 Å². The zero-order valence-electron chi connectivity index (χ0n) is 15.5. The van der Waals surface area contributed by atoms with Crippen LogP contribution in [0.3, 0.4) is 0 Å². The van der Waals surface area contributed by atoms with Gasteiger partial charge in [-0.05, 0) is 61.3 Å². The summed E-state index contributed by atoms with van der Waals surface area (Å²) in [5.74, 6) is 0.688. The predicted octanol–water partition coefficient (Wildman–Crippen LogP) is 4.33. The third kappa shape index (κ3) is 3.46. The molecule has 0 radical (unpaired) electrons. The first-order valence-corrected chi connectivity index (χ1v) is 9.96. The van der Waals surface area contributed by atoms with Crippen molar-refractivity contribution in [1.29, 1.82) is 0 Å². The Kier molecular flexibility index (Phi) is 4.95. The maximum Gasteiger partial charge on any atom is 0.465 e. The topological polar surface area (TPSA) is 35.5 Å². The molecule has 128 valence electrons. The highest BCUT2D eigenvalue weighted by atomic mass is 32.2.